The molecule has 0 spiro atoms. The van der Waals surface area contributed by atoms with Gasteiger partial charge in [-0.15, -0.1) is 0 Å². The molecule has 0 bridgehead atoms. The quantitative estimate of drug-likeness (QED) is 0.456. The van der Waals surface area contributed by atoms with Gasteiger partial charge < -0.3 is 24.1 Å². The molecule has 35 heavy (non-hydrogen) atoms. The average molecular weight is 484 g/mol. The standard InChI is InChI=1S/C28H37NO6/c1-32-20-23-3-2-13-29(23)19-22(17-21-5-11-27-28(18-21)35-16-15-34-27)4-6-25(31)12-14-33-26-9-7-24(30)8-10-26/h5,7-11,18,22-23,30H,2-4,6,12-17,19-20H2,1H3. The minimum Gasteiger partial charge on any atom is -0.508 e. The van der Waals surface area contributed by atoms with Crippen LogP contribution in [0.5, 0.6) is 23.0 Å². The van der Waals surface area contributed by atoms with Crippen molar-refractivity contribution >= 4 is 5.78 Å². The van der Waals surface area contributed by atoms with Crippen molar-refractivity contribution in [2.45, 2.75) is 44.6 Å². The molecule has 190 valence electrons. The van der Waals surface area contributed by atoms with Gasteiger partial charge in [0.15, 0.2) is 11.5 Å². The largest absolute Gasteiger partial charge is 0.508 e. The number of aromatic hydroxyl groups is 1. The van der Waals surface area contributed by atoms with Gasteiger partial charge in [0, 0.05) is 32.5 Å². The highest BCUT2D eigenvalue weighted by atomic mass is 16.6. The summed E-state index contributed by atoms with van der Waals surface area (Å²) in [6.07, 6.45) is 5.01. The molecule has 4 rings (SSSR count). The Balaban J connectivity index is 1.32. The van der Waals surface area contributed by atoms with Gasteiger partial charge in [-0.1, -0.05) is 6.07 Å². The molecule has 0 saturated carbocycles. The summed E-state index contributed by atoms with van der Waals surface area (Å²) >= 11 is 0. The van der Waals surface area contributed by atoms with Crippen molar-refractivity contribution < 1.29 is 28.8 Å². The smallest absolute Gasteiger partial charge is 0.161 e. The summed E-state index contributed by atoms with van der Waals surface area (Å²) in [6.45, 7) is 4.30. The Bertz CT molecular complexity index is 947. The predicted molar refractivity (Wildman–Crippen MR) is 134 cm³/mol. The summed E-state index contributed by atoms with van der Waals surface area (Å²) in [7, 11) is 1.77. The van der Waals surface area contributed by atoms with E-state index in [9.17, 15) is 9.90 Å². The van der Waals surface area contributed by atoms with Crippen LogP contribution in [0.3, 0.4) is 0 Å². The van der Waals surface area contributed by atoms with E-state index in [-0.39, 0.29) is 11.5 Å². The van der Waals surface area contributed by atoms with Gasteiger partial charge in [-0.3, -0.25) is 9.69 Å². The first kappa shape index (κ1) is 25.3. The number of methoxy groups -OCH3 is 1. The van der Waals surface area contributed by atoms with Crippen LogP contribution < -0.4 is 14.2 Å². The molecule has 7 heteroatoms. The highest BCUT2D eigenvalue weighted by molar-refractivity contribution is 5.78. The number of phenolic OH excluding ortho intramolecular Hbond substituents is 1. The van der Waals surface area contributed by atoms with E-state index >= 15 is 0 Å². The maximum atomic E-state index is 12.6. The molecule has 0 aliphatic carbocycles. The van der Waals surface area contributed by atoms with Gasteiger partial charge in [0.1, 0.15) is 30.5 Å². The van der Waals surface area contributed by atoms with Gasteiger partial charge >= 0.3 is 0 Å². The SMILES string of the molecule is COCC1CCCN1CC(CCC(=O)CCOc1ccc(O)cc1)Cc1ccc2c(c1)OCCO2. The van der Waals surface area contributed by atoms with Gasteiger partial charge in [0.2, 0.25) is 0 Å². The minimum absolute atomic E-state index is 0.197. The van der Waals surface area contributed by atoms with Crippen LogP contribution in [0.1, 0.15) is 37.7 Å². The lowest BCUT2D eigenvalue weighted by atomic mass is 9.92. The molecule has 0 aromatic heterocycles. The summed E-state index contributed by atoms with van der Waals surface area (Å²) in [5.74, 6) is 3.05. The van der Waals surface area contributed by atoms with Gasteiger partial charge in [-0.25, -0.2) is 0 Å². The van der Waals surface area contributed by atoms with Crippen molar-refractivity contribution in [2.24, 2.45) is 5.92 Å². The number of phenols is 1. The molecule has 2 atom stereocenters. The van der Waals surface area contributed by atoms with Crippen LogP contribution in [0.15, 0.2) is 42.5 Å². The number of Topliss-reactive ketones (excluding diaryl/α,β-unsaturated/α-hetero) is 1. The van der Waals surface area contributed by atoms with E-state index < -0.39 is 0 Å². The molecule has 1 fully saturated rings. The Labute approximate surface area is 207 Å². The second kappa shape index (κ2) is 12.8. The molecule has 1 saturated heterocycles. The van der Waals surface area contributed by atoms with Gasteiger partial charge in [-0.2, -0.15) is 0 Å². The first-order chi connectivity index (χ1) is 17.1. The van der Waals surface area contributed by atoms with Crippen molar-refractivity contribution in [3.63, 3.8) is 0 Å². The van der Waals surface area contributed by atoms with Crippen molar-refractivity contribution in [1.29, 1.82) is 0 Å². The normalized spacial score (nSPS) is 18.4. The highest BCUT2D eigenvalue weighted by Gasteiger charge is 2.27. The van der Waals surface area contributed by atoms with Crippen molar-refractivity contribution in [3.8, 4) is 23.0 Å². The van der Waals surface area contributed by atoms with Crippen LogP contribution >= 0.6 is 0 Å². The summed E-state index contributed by atoms with van der Waals surface area (Å²) in [4.78, 5) is 15.2. The van der Waals surface area contributed by atoms with E-state index in [0.717, 1.165) is 50.5 Å². The van der Waals surface area contributed by atoms with E-state index in [1.807, 2.05) is 6.07 Å². The summed E-state index contributed by atoms with van der Waals surface area (Å²) in [5, 5.41) is 9.37. The summed E-state index contributed by atoms with van der Waals surface area (Å²) in [5.41, 5.74) is 1.21. The summed E-state index contributed by atoms with van der Waals surface area (Å²) in [6, 6.07) is 13.2. The molecule has 2 aromatic rings. The zero-order chi connectivity index (χ0) is 24.5. The molecular formula is C28H37NO6. The second-order valence-corrected chi connectivity index (χ2v) is 9.46. The number of hydrogen-bond acceptors (Lipinski definition) is 7. The van der Waals surface area contributed by atoms with E-state index in [4.69, 9.17) is 18.9 Å². The molecule has 2 aliphatic heterocycles. The third kappa shape index (κ3) is 7.61. The molecule has 2 unspecified atom stereocenters. The molecule has 2 aromatic carbocycles. The number of likely N-dealkylation sites (tertiary alicyclic amines) is 1. The lowest BCUT2D eigenvalue weighted by Gasteiger charge is -2.29. The van der Waals surface area contributed by atoms with E-state index in [2.05, 4.69) is 17.0 Å². The number of rotatable bonds is 13. The van der Waals surface area contributed by atoms with Crippen molar-refractivity contribution in [1.82, 2.24) is 4.90 Å². The molecule has 7 nitrogen and oxygen atoms in total. The highest BCUT2D eigenvalue weighted by Crippen LogP contribution is 2.32. The molecule has 2 aliphatic rings. The first-order valence-electron chi connectivity index (χ1n) is 12.7. The lowest BCUT2D eigenvalue weighted by molar-refractivity contribution is -0.119. The van der Waals surface area contributed by atoms with Crippen molar-refractivity contribution in [2.75, 3.05) is 46.6 Å². The zero-order valence-electron chi connectivity index (χ0n) is 20.6. The maximum absolute atomic E-state index is 12.6. The number of ketones is 1. The molecule has 2 heterocycles. The first-order valence-corrected chi connectivity index (χ1v) is 12.7. The number of fused-ring (bicyclic) bond motifs is 1. The Kier molecular flexibility index (Phi) is 9.26. The van der Waals surface area contributed by atoms with Crippen molar-refractivity contribution in [3.05, 3.63) is 48.0 Å². The third-order valence-corrected chi connectivity index (χ3v) is 6.80. The number of carbonyl (C=O) groups is 1. The number of carbonyl (C=O) groups excluding carboxylic acids is 1. The Morgan fingerprint density at radius 1 is 1.11 bits per heavy atom. The average Bonchev–Trinajstić information content (AvgIpc) is 3.30. The molecule has 0 amide bonds. The molecule has 1 N–H and O–H groups in total. The van der Waals surface area contributed by atoms with Crippen LogP contribution in [-0.4, -0.2) is 68.5 Å². The van der Waals surface area contributed by atoms with Gasteiger partial charge in [0.25, 0.3) is 0 Å². The van der Waals surface area contributed by atoms with Crippen LogP contribution in [0.2, 0.25) is 0 Å². The number of hydrogen-bond donors (Lipinski definition) is 1. The number of benzene rings is 2. The topological polar surface area (TPSA) is 77.5 Å². The number of nitrogens with zero attached hydrogens (tertiary/aromatic N) is 1. The molecule has 0 radical (unpaired) electrons. The van der Waals surface area contributed by atoms with E-state index in [1.54, 1.807) is 31.4 Å². The fraction of sp³-hybridized carbons (Fsp3) is 0.536. The minimum atomic E-state index is 0.197. The fourth-order valence-electron chi connectivity index (χ4n) is 4.97. The zero-order valence-corrected chi connectivity index (χ0v) is 20.6. The second-order valence-electron chi connectivity index (χ2n) is 9.46. The lowest BCUT2D eigenvalue weighted by Crippen LogP contribution is -2.37. The summed E-state index contributed by atoms with van der Waals surface area (Å²) < 4.78 is 22.6. The Hall–Kier alpha value is -2.77. The van der Waals surface area contributed by atoms with Crippen LogP contribution in [0.4, 0.5) is 0 Å². The van der Waals surface area contributed by atoms with E-state index in [1.165, 1.54) is 12.0 Å². The van der Waals surface area contributed by atoms with E-state index in [0.29, 0.717) is 50.4 Å². The Morgan fingerprint density at radius 2 is 1.91 bits per heavy atom. The van der Waals surface area contributed by atoms with Crippen LogP contribution in [0.25, 0.3) is 0 Å². The molecular weight excluding hydrogens is 446 g/mol. The van der Waals surface area contributed by atoms with Crippen LogP contribution in [0, 0.1) is 5.92 Å². The van der Waals surface area contributed by atoms with Crippen LogP contribution in [-0.2, 0) is 16.0 Å². The Morgan fingerprint density at radius 3 is 2.71 bits per heavy atom. The monoisotopic (exact) mass is 483 g/mol. The fourth-order valence-corrected chi connectivity index (χ4v) is 4.97. The number of ether oxygens (including phenoxy) is 4. The predicted octanol–water partition coefficient (Wildman–Crippen LogP) is 4.25. The maximum Gasteiger partial charge on any atom is 0.161 e. The van der Waals surface area contributed by atoms with Gasteiger partial charge in [-0.05, 0) is 80.1 Å². The third-order valence-electron chi connectivity index (χ3n) is 6.80. The van der Waals surface area contributed by atoms with Gasteiger partial charge in [0.05, 0.1) is 13.2 Å².